The van der Waals surface area contributed by atoms with Gasteiger partial charge in [0.2, 0.25) is 0 Å². The SMILES string of the molecule is CCn1ncc2c(NC(C)C3CCCCC3)c(C(=O)N3CCN(c4cccc(OC)c4)CC3)cnc21. The van der Waals surface area contributed by atoms with E-state index in [-0.39, 0.29) is 11.9 Å². The number of pyridine rings is 1. The Morgan fingerprint density at radius 1 is 1.14 bits per heavy atom. The van der Waals surface area contributed by atoms with Crippen molar-refractivity contribution in [1.82, 2.24) is 19.7 Å². The number of piperazine rings is 1. The van der Waals surface area contributed by atoms with Crippen LogP contribution in [0.3, 0.4) is 0 Å². The Balaban J connectivity index is 1.37. The van der Waals surface area contributed by atoms with Gasteiger partial charge in [0.25, 0.3) is 5.91 Å². The van der Waals surface area contributed by atoms with Crippen LogP contribution in [0.1, 0.15) is 56.3 Å². The van der Waals surface area contributed by atoms with Gasteiger partial charge in [-0.25, -0.2) is 9.67 Å². The zero-order chi connectivity index (χ0) is 25.1. The van der Waals surface area contributed by atoms with Gasteiger partial charge in [0.05, 0.1) is 29.9 Å². The van der Waals surface area contributed by atoms with Gasteiger partial charge >= 0.3 is 0 Å². The number of aryl methyl sites for hydroxylation is 1. The second-order valence-corrected chi connectivity index (χ2v) is 10.1. The quantitative estimate of drug-likeness (QED) is 0.513. The molecule has 2 aromatic heterocycles. The monoisotopic (exact) mass is 490 g/mol. The first kappa shape index (κ1) is 24.4. The highest BCUT2D eigenvalue weighted by Gasteiger charge is 2.28. The number of nitrogens with one attached hydrogen (secondary N) is 1. The van der Waals surface area contributed by atoms with E-state index in [2.05, 4.69) is 46.3 Å². The van der Waals surface area contributed by atoms with E-state index in [0.717, 1.165) is 47.8 Å². The van der Waals surface area contributed by atoms with Crippen LogP contribution in [-0.4, -0.2) is 64.9 Å². The van der Waals surface area contributed by atoms with Crippen molar-refractivity contribution in [1.29, 1.82) is 0 Å². The molecule has 1 atom stereocenters. The smallest absolute Gasteiger partial charge is 0.257 e. The highest BCUT2D eigenvalue weighted by atomic mass is 16.5. The van der Waals surface area contributed by atoms with Crippen LogP contribution in [0.25, 0.3) is 11.0 Å². The molecule has 1 saturated heterocycles. The molecule has 1 saturated carbocycles. The fourth-order valence-electron chi connectivity index (χ4n) is 5.70. The molecular weight excluding hydrogens is 452 g/mol. The number of benzene rings is 1. The Morgan fingerprint density at radius 3 is 2.64 bits per heavy atom. The third-order valence-corrected chi connectivity index (χ3v) is 7.91. The van der Waals surface area contributed by atoms with Crippen LogP contribution in [0.15, 0.2) is 36.7 Å². The van der Waals surface area contributed by atoms with Crippen molar-refractivity contribution in [3.05, 3.63) is 42.2 Å². The average Bonchev–Trinajstić information content (AvgIpc) is 3.37. The van der Waals surface area contributed by atoms with Gasteiger partial charge < -0.3 is 19.9 Å². The van der Waals surface area contributed by atoms with Crippen LogP contribution in [0.4, 0.5) is 11.4 Å². The van der Waals surface area contributed by atoms with Crippen LogP contribution < -0.4 is 15.0 Å². The summed E-state index contributed by atoms with van der Waals surface area (Å²) in [5, 5.41) is 9.23. The first-order valence-electron chi connectivity index (χ1n) is 13.4. The predicted octanol–water partition coefficient (Wildman–Crippen LogP) is 4.80. The Labute approximate surface area is 213 Å². The minimum Gasteiger partial charge on any atom is -0.497 e. The summed E-state index contributed by atoms with van der Waals surface area (Å²) < 4.78 is 7.28. The third kappa shape index (κ3) is 4.86. The molecule has 2 aliphatic rings. The molecule has 3 heterocycles. The minimum absolute atomic E-state index is 0.0392. The number of rotatable bonds is 7. The topological polar surface area (TPSA) is 75.5 Å². The molecule has 36 heavy (non-hydrogen) atoms. The predicted molar refractivity (Wildman–Crippen MR) is 144 cm³/mol. The molecule has 1 aliphatic carbocycles. The number of fused-ring (bicyclic) bond motifs is 1. The van der Waals surface area contributed by atoms with Gasteiger partial charge in [-0.2, -0.15) is 5.10 Å². The van der Waals surface area contributed by atoms with Gasteiger partial charge in [-0.1, -0.05) is 25.3 Å². The zero-order valence-electron chi connectivity index (χ0n) is 21.7. The molecule has 8 heteroatoms. The van der Waals surface area contributed by atoms with E-state index in [1.165, 1.54) is 32.1 Å². The molecule has 1 unspecified atom stereocenters. The van der Waals surface area contributed by atoms with Gasteiger partial charge in [-0.3, -0.25) is 4.79 Å². The summed E-state index contributed by atoms with van der Waals surface area (Å²) in [4.78, 5) is 22.8. The van der Waals surface area contributed by atoms with E-state index in [0.29, 0.717) is 24.6 Å². The van der Waals surface area contributed by atoms with E-state index in [9.17, 15) is 4.79 Å². The standard InChI is InChI=1S/C28H38N6O2/c1-4-34-27-24(19-30-34)26(31-20(2)21-9-6-5-7-10-21)25(18-29-27)28(35)33-15-13-32(14-16-33)22-11-8-12-23(17-22)36-3/h8,11-12,17-21H,4-7,9-10,13-16H2,1-3H3,(H,29,31). The lowest BCUT2D eigenvalue weighted by atomic mass is 9.84. The zero-order valence-corrected chi connectivity index (χ0v) is 21.7. The molecule has 3 aromatic rings. The number of aromatic nitrogens is 3. The minimum atomic E-state index is 0.0392. The highest BCUT2D eigenvalue weighted by Crippen LogP contribution is 2.33. The van der Waals surface area contributed by atoms with Crippen LogP contribution in [-0.2, 0) is 6.54 Å². The molecule has 1 N–H and O–H groups in total. The Morgan fingerprint density at radius 2 is 1.92 bits per heavy atom. The van der Waals surface area contributed by atoms with Gasteiger partial charge in [-0.05, 0) is 44.7 Å². The normalized spacial score (nSPS) is 17.9. The van der Waals surface area contributed by atoms with E-state index in [1.807, 2.05) is 27.9 Å². The molecular formula is C28H38N6O2. The van der Waals surface area contributed by atoms with Crippen molar-refractivity contribution in [2.45, 2.75) is 58.5 Å². The second kappa shape index (κ2) is 10.8. The summed E-state index contributed by atoms with van der Waals surface area (Å²) in [6.45, 7) is 7.96. The molecule has 2 fully saturated rings. The fourth-order valence-corrected chi connectivity index (χ4v) is 5.70. The maximum Gasteiger partial charge on any atom is 0.257 e. The van der Waals surface area contributed by atoms with Crippen molar-refractivity contribution in [2.75, 3.05) is 43.5 Å². The van der Waals surface area contributed by atoms with Crippen molar-refractivity contribution < 1.29 is 9.53 Å². The number of nitrogens with zero attached hydrogens (tertiary/aromatic N) is 5. The summed E-state index contributed by atoms with van der Waals surface area (Å²) in [5.74, 6) is 1.51. The summed E-state index contributed by atoms with van der Waals surface area (Å²) in [6, 6.07) is 8.40. The van der Waals surface area contributed by atoms with Crippen molar-refractivity contribution >= 4 is 28.3 Å². The number of carbonyl (C=O) groups is 1. The average molecular weight is 491 g/mol. The Kier molecular flexibility index (Phi) is 7.30. The number of anilines is 2. The molecule has 1 amide bonds. The number of amides is 1. The van der Waals surface area contributed by atoms with Gasteiger partial charge in [0.1, 0.15) is 5.75 Å². The number of ether oxygens (including phenoxy) is 1. The van der Waals surface area contributed by atoms with Crippen LogP contribution >= 0.6 is 0 Å². The van der Waals surface area contributed by atoms with E-state index >= 15 is 0 Å². The molecule has 1 aromatic carbocycles. The molecule has 192 valence electrons. The second-order valence-electron chi connectivity index (χ2n) is 10.1. The summed E-state index contributed by atoms with van der Waals surface area (Å²) in [5.41, 5.74) is 3.49. The van der Waals surface area contributed by atoms with E-state index in [1.54, 1.807) is 13.3 Å². The molecule has 8 nitrogen and oxygen atoms in total. The first-order valence-corrected chi connectivity index (χ1v) is 13.4. The number of carbonyl (C=O) groups excluding carboxylic acids is 1. The molecule has 1 aliphatic heterocycles. The molecule has 0 radical (unpaired) electrons. The first-order chi connectivity index (χ1) is 17.6. The maximum absolute atomic E-state index is 13.8. The van der Waals surface area contributed by atoms with Gasteiger partial charge in [-0.15, -0.1) is 0 Å². The Bertz CT molecular complexity index is 1190. The van der Waals surface area contributed by atoms with Gasteiger partial charge in [0.15, 0.2) is 5.65 Å². The lowest BCUT2D eigenvalue weighted by molar-refractivity contribution is 0.0747. The highest BCUT2D eigenvalue weighted by molar-refractivity contribution is 6.06. The molecule has 0 bridgehead atoms. The van der Waals surface area contributed by atoms with Gasteiger partial charge in [0, 0.05) is 56.7 Å². The van der Waals surface area contributed by atoms with Crippen LogP contribution in [0.2, 0.25) is 0 Å². The van der Waals surface area contributed by atoms with Crippen LogP contribution in [0, 0.1) is 5.92 Å². The maximum atomic E-state index is 13.8. The number of hydrogen-bond donors (Lipinski definition) is 1. The van der Waals surface area contributed by atoms with E-state index < -0.39 is 0 Å². The van der Waals surface area contributed by atoms with E-state index in [4.69, 9.17) is 4.74 Å². The van der Waals surface area contributed by atoms with Crippen molar-refractivity contribution in [2.24, 2.45) is 5.92 Å². The summed E-state index contributed by atoms with van der Waals surface area (Å²) in [6.07, 6.45) is 10.0. The van der Waals surface area contributed by atoms with Crippen molar-refractivity contribution in [3.63, 3.8) is 0 Å². The Hall–Kier alpha value is -3.29. The molecule has 0 spiro atoms. The fraction of sp³-hybridized carbons (Fsp3) is 0.536. The third-order valence-electron chi connectivity index (χ3n) is 7.91. The summed E-state index contributed by atoms with van der Waals surface area (Å²) >= 11 is 0. The number of methoxy groups -OCH3 is 1. The summed E-state index contributed by atoms with van der Waals surface area (Å²) in [7, 11) is 1.69. The van der Waals surface area contributed by atoms with Crippen LogP contribution in [0.5, 0.6) is 5.75 Å². The molecule has 5 rings (SSSR count). The van der Waals surface area contributed by atoms with Crippen molar-refractivity contribution in [3.8, 4) is 5.75 Å². The lowest BCUT2D eigenvalue weighted by Crippen LogP contribution is -2.49. The largest absolute Gasteiger partial charge is 0.497 e. The number of hydrogen-bond acceptors (Lipinski definition) is 6. The lowest BCUT2D eigenvalue weighted by Gasteiger charge is -2.36.